The summed E-state index contributed by atoms with van der Waals surface area (Å²) in [7, 11) is 0. The standard InChI is InChI=1S/C11H21N3O4/c1-7(2)13-6-5-10(16)14-8(11(17)18)3-4-9(12)15/h7-8,13H,3-6H2,1-2H3,(H2,12,15)(H,14,16)(H,17,18). The van der Waals surface area contributed by atoms with Crippen LogP contribution >= 0.6 is 0 Å². The molecular weight excluding hydrogens is 238 g/mol. The Balaban J connectivity index is 4.04. The number of hydrogen-bond donors (Lipinski definition) is 4. The van der Waals surface area contributed by atoms with Gasteiger partial charge < -0.3 is 21.5 Å². The van der Waals surface area contributed by atoms with Gasteiger partial charge >= 0.3 is 5.97 Å². The lowest BCUT2D eigenvalue weighted by molar-refractivity contribution is -0.142. The van der Waals surface area contributed by atoms with Crippen molar-refractivity contribution >= 4 is 17.8 Å². The molecule has 0 saturated heterocycles. The monoisotopic (exact) mass is 259 g/mol. The molecule has 1 unspecified atom stereocenters. The quantitative estimate of drug-likeness (QED) is 0.432. The fraction of sp³-hybridized carbons (Fsp3) is 0.727. The Morgan fingerprint density at radius 2 is 1.83 bits per heavy atom. The van der Waals surface area contributed by atoms with E-state index in [1.54, 1.807) is 0 Å². The van der Waals surface area contributed by atoms with E-state index in [0.717, 1.165) is 0 Å². The largest absolute Gasteiger partial charge is 0.480 e. The highest BCUT2D eigenvalue weighted by Crippen LogP contribution is 1.98. The molecule has 0 aromatic heterocycles. The molecule has 0 saturated carbocycles. The molecule has 0 aliphatic carbocycles. The van der Waals surface area contributed by atoms with Crippen LogP contribution in [0.4, 0.5) is 0 Å². The van der Waals surface area contributed by atoms with E-state index in [1.165, 1.54) is 0 Å². The van der Waals surface area contributed by atoms with E-state index in [1.807, 2.05) is 13.8 Å². The van der Waals surface area contributed by atoms with Crippen LogP contribution in [0.5, 0.6) is 0 Å². The van der Waals surface area contributed by atoms with Crippen LogP contribution in [0.1, 0.15) is 33.1 Å². The summed E-state index contributed by atoms with van der Waals surface area (Å²) in [6, 6.07) is -0.799. The van der Waals surface area contributed by atoms with E-state index in [-0.39, 0.29) is 31.2 Å². The molecule has 7 heteroatoms. The number of aliphatic carboxylic acids is 1. The molecule has 5 N–H and O–H groups in total. The summed E-state index contributed by atoms with van der Waals surface area (Å²) in [5, 5.41) is 14.3. The van der Waals surface area contributed by atoms with E-state index in [2.05, 4.69) is 10.6 Å². The van der Waals surface area contributed by atoms with Gasteiger partial charge in [0.25, 0.3) is 0 Å². The zero-order valence-electron chi connectivity index (χ0n) is 10.7. The van der Waals surface area contributed by atoms with Crippen LogP contribution in [0.15, 0.2) is 0 Å². The predicted octanol–water partition coefficient (Wildman–Crippen LogP) is -0.791. The van der Waals surface area contributed by atoms with E-state index in [9.17, 15) is 14.4 Å². The summed E-state index contributed by atoms with van der Waals surface area (Å²) in [4.78, 5) is 32.9. The third-order valence-electron chi connectivity index (χ3n) is 2.22. The van der Waals surface area contributed by atoms with Crippen molar-refractivity contribution < 1.29 is 19.5 Å². The minimum absolute atomic E-state index is 0.00795. The second-order valence-corrected chi connectivity index (χ2v) is 4.32. The molecule has 104 valence electrons. The molecule has 0 bridgehead atoms. The Bertz CT molecular complexity index is 305. The molecule has 18 heavy (non-hydrogen) atoms. The summed E-state index contributed by atoms with van der Waals surface area (Å²) in [6.07, 6.45) is 0.133. The fourth-order valence-electron chi connectivity index (χ4n) is 1.28. The number of nitrogens with one attached hydrogen (secondary N) is 2. The Morgan fingerprint density at radius 1 is 1.22 bits per heavy atom. The molecule has 0 fully saturated rings. The minimum atomic E-state index is -1.17. The van der Waals surface area contributed by atoms with Gasteiger partial charge in [0.05, 0.1) is 0 Å². The lowest BCUT2D eigenvalue weighted by atomic mass is 10.1. The van der Waals surface area contributed by atoms with Crippen LogP contribution < -0.4 is 16.4 Å². The van der Waals surface area contributed by atoms with Crippen molar-refractivity contribution in [3.05, 3.63) is 0 Å². The SMILES string of the molecule is CC(C)NCCC(=O)NC(CCC(N)=O)C(=O)O. The summed E-state index contributed by atoms with van der Waals surface area (Å²) in [5.74, 6) is -2.11. The molecule has 2 amide bonds. The normalized spacial score (nSPS) is 12.2. The Morgan fingerprint density at radius 3 is 2.28 bits per heavy atom. The molecule has 1 atom stereocenters. The molecule has 0 aromatic carbocycles. The lowest BCUT2D eigenvalue weighted by Crippen LogP contribution is -2.42. The minimum Gasteiger partial charge on any atom is -0.480 e. The van der Waals surface area contributed by atoms with Crippen molar-refractivity contribution in [3.63, 3.8) is 0 Å². The fourth-order valence-corrected chi connectivity index (χ4v) is 1.28. The van der Waals surface area contributed by atoms with E-state index >= 15 is 0 Å². The predicted molar refractivity (Wildman–Crippen MR) is 65.8 cm³/mol. The van der Waals surface area contributed by atoms with Crippen LogP contribution in [0.3, 0.4) is 0 Å². The van der Waals surface area contributed by atoms with Crippen molar-refractivity contribution in [1.29, 1.82) is 0 Å². The second-order valence-electron chi connectivity index (χ2n) is 4.32. The Hall–Kier alpha value is -1.63. The van der Waals surface area contributed by atoms with E-state index in [0.29, 0.717) is 6.54 Å². The van der Waals surface area contributed by atoms with Gasteiger partial charge in [0.2, 0.25) is 11.8 Å². The first kappa shape index (κ1) is 16.4. The van der Waals surface area contributed by atoms with Crippen molar-refractivity contribution in [1.82, 2.24) is 10.6 Å². The second kappa shape index (κ2) is 8.46. The third-order valence-corrected chi connectivity index (χ3v) is 2.22. The number of carbonyl (C=O) groups is 3. The summed E-state index contributed by atoms with van der Waals surface area (Å²) >= 11 is 0. The van der Waals surface area contributed by atoms with Crippen molar-refractivity contribution in [2.24, 2.45) is 5.73 Å². The highest BCUT2D eigenvalue weighted by atomic mass is 16.4. The number of nitrogens with two attached hydrogens (primary N) is 1. The first-order chi connectivity index (χ1) is 8.32. The van der Waals surface area contributed by atoms with Crippen LogP contribution in [-0.4, -0.2) is 41.5 Å². The van der Waals surface area contributed by atoms with Crippen LogP contribution in [-0.2, 0) is 14.4 Å². The number of carbonyl (C=O) groups excluding carboxylic acids is 2. The molecule has 0 radical (unpaired) electrons. The first-order valence-corrected chi connectivity index (χ1v) is 5.86. The zero-order valence-corrected chi connectivity index (χ0v) is 10.7. The van der Waals surface area contributed by atoms with E-state index in [4.69, 9.17) is 10.8 Å². The first-order valence-electron chi connectivity index (χ1n) is 5.86. The average Bonchev–Trinajstić information content (AvgIpc) is 2.22. The summed E-state index contributed by atoms with van der Waals surface area (Å²) in [5.41, 5.74) is 4.93. The van der Waals surface area contributed by atoms with Crippen LogP contribution in [0, 0.1) is 0 Å². The van der Waals surface area contributed by atoms with Gasteiger partial charge in [-0.15, -0.1) is 0 Å². The third kappa shape index (κ3) is 8.51. The highest BCUT2D eigenvalue weighted by Gasteiger charge is 2.20. The zero-order chi connectivity index (χ0) is 14.1. The Labute approximate surface area is 106 Å². The highest BCUT2D eigenvalue weighted by molar-refractivity contribution is 5.84. The molecule has 0 spiro atoms. The average molecular weight is 259 g/mol. The van der Waals surface area contributed by atoms with Gasteiger partial charge in [-0.3, -0.25) is 9.59 Å². The van der Waals surface area contributed by atoms with Gasteiger partial charge in [0.1, 0.15) is 6.04 Å². The number of carboxylic acids is 1. The number of hydrogen-bond acceptors (Lipinski definition) is 4. The maximum atomic E-state index is 11.5. The topological polar surface area (TPSA) is 122 Å². The van der Waals surface area contributed by atoms with Gasteiger partial charge in [0.15, 0.2) is 0 Å². The smallest absolute Gasteiger partial charge is 0.326 e. The molecule has 0 aromatic rings. The lowest BCUT2D eigenvalue weighted by Gasteiger charge is -2.14. The van der Waals surface area contributed by atoms with Crippen LogP contribution in [0.25, 0.3) is 0 Å². The maximum Gasteiger partial charge on any atom is 0.326 e. The van der Waals surface area contributed by atoms with Gasteiger partial charge in [0, 0.05) is 25.4 Å². The van der Waals surface area contributed by atoms with Crippen LogP contribution in [0.2, 0.25) is 0 Å². The van der Waals surface area contributed by atoms with E-state index < -0.39 is 17.9 Å². The van der Waals surface area contributed by atoms with Gasteiger partial charge in [-0.1, -0.05) is 13.8 Å². The summed E-state index contributed by atoms with van der Waals surface area (Å²) < 4.78 is 0. The van der Waals surface area contributed by atoms with Gasteiger partial charge in [-0.2, -0.15) is 0 Å². The van der Waals surface area contributed by atoms with Crippen molar-refractivity contribution in [2.45, 2.75) is 45.2 Å². The molecule has 7 nitrogen and oxygen atoms in total. The van der Waals surface area contributed by atoms with Crippen molar-refractivity contribution in [2.75, 3.05) is 6.54 Å². The number of carboxylic acid groups (broad SMARTS) is 1. The van der Waals surface area contributed by atoms with Crippen molar-refractivity contribution in [3.8, 4) is 0 Å². The van der Waals surface area contributed by atoms with Gasteiger partial charge in [-0.25, -0.2) is 4.79 Å². The molecule has 0 aliphatic heterocycles. The maximum absolute atomic E-state index is 11.5. The van der Waals surface area contributed by atoms with Gasteiger partial charge in [-0.05, 0) is 6.42 Å². The Kier molecular flexibility index (Phi) is 7.69. The molecule has 0 aliphatic rings. The molecule has 0 rings (SSSR count). The molecule has 0 heterocycles. The number of amides is 2. The number of primary amides is 1. The number of rotatable bonds is 9. The summed E-state index contributed by atoms with van der Waals surface area (Å²) in [6.45, 7) is 4.38. The molecular formula is C11H21N3O4.